The number of nitrogens with one attached hydrogen (secondary N) is 2. The van der Waals surface area contributed by atoms with Crippen LogP contribution in [0.1, 0.15) is 16.8 Å². The quantitative estimate of drug-likeness (QED) is 0.879. The van der Waals surface area contributed by atoms with E-state index in [-0.39, 0.29) is 0 Å². The van der Waals surface area contributed by atoms with E-state index in [4.69, 9.17) is 0 Å². The van der Waals surface area contributed by atoms with Crippen LogP contribution in [0.2, 0.25) is 0 Å². The highest BCUT2D eigenvalue weighted by atomic mass is 15.2. The molecule has 0 saturated carbocycles. The molecular formula is C15H20N4. The van der Waals surface area contributed by atoms with Crippen LogP contribution in [-0.2, 0) is 6.42 Å². The third-order valence-electron chi connectivity index (χ3n) is 3.62. The lowest BCUT2D eigenvalue weighted by molar-refractivity contribution is 0.588. The highest BCUT2D eigenvalue weighted by Crippen LogP contribution is 2.21. The van der Waals surface area contributed by atoms with Gasteiger partial charge in [0.2, 0.25) is 0 Å². The lowest BCUT2D eigenvalue weighted by Gasteiger charge is -2.29. The number of rotatable bonds is 3. The molecule has 4 heteroatoms. The van der Waals surface area contributed by atoms with Crippen molar-refractivity contribution in [1.29, 1.82) is 0 Å². The van der Waals surface area contributed by atoms with Crippen molar-refractivity contribution in [3.8, 4) is 0 Å². The highest BCUT2D eigenvalue weighted by molar-refractivity contribution is 5.51. The molecular weight excluding hydrogens is 236 g/mol. The molecule has 1 aromatic carbocycles. The maximum atomic E-state index is 4.23. The van der Waals surface area contributed by atoms with Gasteiger partial charge in [-0.25, -0.2) is 0 Å². The number of benzene rings is 1. The monoisotopic (exact) mass is 256 g/mol. The zero-order valence-corrected chi connectivity index (χ0v) is 11.3. The smallest absolute Gasteiger partial charge is 0.0786 e. The van der Waals surface area contributed by atoms with Gasteiger partial charge in [0.1, 0.15) is 0 Å². The van der Waals surface area contributed by atoms with E-state index in [0.29, 0.717) is 0 Å². The second-order valence-electron chi connectivity index (χ2n) is 5.14. The Morgan fingerprint density at radius 2 is 2.11 bits per heavy atom. The summed E-state index contributed by atoms with van der Waals surface area (Å²) in [6, 6.07) is 8.66. The van der Waals surface area contributed by atoms with Crippen LogP contribution < -0.4 is 10.2 Å². The van der Waals surface area contributed by atoms with E-state index in [1.807, 2.05) is 6.20 Å². The Bertz CT molecular complexity index is 541. The van der Waals surface area contributed by atoms with Crippen molar-refractivity contribution in [1.82, 2.24) is 15.5 Å². The predicted molar refractivity (Wildman–Crippen MR) is 77.7 cm³/mol. The first-order valence-corrected chi connectivity index (χ1v) is 6.86. The molecule has 4 nitrogen and oxygen atoms in total. The lowest BCUT2D eigenvalue weighted by Crippen LogP contribution is -2.43. The number of piperazine rings is 1. The summed E-state index contributed by atoms with van der Waals surface area (Å²) in [5, 5.41) is 10.8. The molecule has 0 atom stereocenters. The molecule has 1 aliphatic heterocycles. The van der Waals surface area contributed by atoms with E-state index in [0.717, 1.165) is 32.6 Å². The van der Waals surface area contributed by atoms with Crippen LogP contribution in [0.25, 0.3) is 0 Å². The van der Waals surface area contributed by atoms with Gasteiger partial charge in [-0.15, -0.1) is 0 Å². The Morgan fingerprint density at radius 3 is 2.89 bits per heavy atom. The van der Waals surface area contributed by atoms with Crippen LogP contribution in [0.5, 0.6) is 0 Å². The minimum atomic E-state index is 0.918. The molecule has 3 rings (SSSR count). The number of H-pyrrole nitrogens is 1. The summed E-state index contributed by atoms with van der Waals surface area (Å²) in [6.07, 6.45) is 2.87. The van der Waals surface area contributed by atoms with E-state index >= 15 is 0 Å². The minimum absolute atomic E-state index is 0.918. The number of anilines is 1. The average molecular weight is 256 g/mol. The third kappa shape index (κ3) is 2.79. The average Bonchev–Trinajstić information content (AvgIpc) is 2.88. The molecule has 19 heavy (non-hydrogen) atoms. The van der Waals surface area contributed by atoms with Crippen molar-refractivity contribution in [2.24, 2.45) is 0 Å². The first kappa shape index (κ1) is 12.2. The molecule has 1 fully saturated rings. The normalized spacial score (nSPS) is 15.7. The summed E-state index contributed by atoms with van der Waals surface area (Å²) in [6.45, 7) is 6.35. The fraction of sp³-hybridized carbons (Fsp3) is 0.400. The molecule has 0 amide bonds. The van der Waals surface area contributed by atoms with Gasteiger partial charge in [-0.05, 0) is 12.5 Å². The van der Waals surface area contributed by atoms with Gasteiger partial charge in [-0.3, -0.25) is 5.10 Å². The molecule has 1 saturated heterocycles. The van der Waals surface area contributed by atoms with Gasteiger partial charge in [-0.2, -0.15) is 5.10 Å². The van der Waals surface area contributed by atoms with Gasteiger partial charge in [0, 0.05) is 32.6 Å². The number of nitrogens with zero attached hydrogens (tertiary/aromatic N) is 2. The largest absolute Gasteiger partial charge is 0.366 e. The summed E-state index contributed by atoms with van der Waals surface area (Å²) in [5.41, 5.74) is 5.11. The first-order chi connectivity index (χ1) is 9.33. The van der Waals surface area contributed by atoms with Crippen molar-refractivity contribution >= 4 is 5.69 Å². The molecule has 1 aromatic heterocycles. The summed E-state index contributed by atoms with van der Waals surface area (Å²) in [4.78, 5) is 2.41. The van der Waals surface area contributed by atoms with Gasteiger partial charge in [-0.1, -0.05) is 29.8 Å². The third-order valence-corrected chi connectivity index (χ3v) is 3.62. The van der Waals surface area contributed by atoms with Gasteiger partial charge in [0.25, 0.3) is 0 Å². The molecule has 0 unspecified atom stereocenters. The standard InChI is InChI=1S/C15H20N4/c1-12-3-2-4-13(9-12)10-14-15(11-17-18-14)19-7-5-16-6-8-19/h2-4,9,11,16H,5-8,10H2,1H3,(H,17,18). The Labute approximate surface area is 113 Å². The molecule has 0 bridgehead atoms. The van der Waals surface area contributed by atoms with Crippen LogP contribution in [-0.4, -0.2) is 36.4 Å². The molecule has 2 N–H and O–H groups in total. The molecule has 1 aliphatic rings. The molecule has 100 valence electrons. The SMILES string of the molecule is Cc1cccc(Cc2[nH]ncc2N2CCNCC2)c1. The molecule has 0 aliphatic carbocycles. The Morgan fingerprint density at radius 1 is 1.26 bits per heavy atom. The van der Waals surface area contributed by atoms with Crippen molar-refractivity contribution < 1.29 is 0 Å². The van der Waals surface area contributed by atoms with Gasteiger partial charge in [0.15, 0.2) is 0 Å². The van der Waals surface area contributed by atoms with E-state index in [2.05, 4.69) is 51.6 Å². The minimum Gasteiger partial charge on any atom is -0.366 e. The zero-order chi connectivity index (χ0) is 13.1. The van der Waals surface area contributed by atoms with Crippen LogP contribution in [0.4, 0.5) is 5.69 Å². The van der Waals surface area contributed by atoms with E-state index < -0.39 is 0 Å². The van der Waals surface area contributed by atoms with Gasteiger partial charge < -0.3 is 10.2 Å². The predicted octanol–water partition coefficient (Wildman–Crippen LogP) is 1.72. The second kappa shape index (κ2) is 5.45. The topological polar surface area (TPSA) is 44.0 Å². The van der Waals surface area contributed by atoms with E-state index in [1.165, 1.54) is 22.5 Å². The summed E-state index contributed by atoms with van der Waals surface area (Å²) < 4.78 is 0. The number of aryl methyl sites for hydroxylation is 1. The second-order valence-corrected chi connectivity index (χ2v) is 5.14. The van der Waals surface area contributed by atoms with Crippen LogP contribution in [0.3, 0.4) is 0 Å². The molecule has 0 spiro atoms. The van der Waals surface area contributed by atoms with Gasteiger partial charge in [0.05, 0.1) is 17.6 Å². The maximum Gasteiger partial charge on any atom is 0.0786 e. The highest BCUT2D eigenvalue weighted by Gasteiger charge is 2.15. The number of hydrogen-bond donors (Lipinski definition) is 2. The summed E-state index contributed by atoms with van der Waals surface area (Å²) in [5.74, 6) is 0. The number of hydrogen-bond acceptors (Lipinski definition) is 3. The van der Waals surface area contributed by atoms with Crippen LogP contribution >= 0.6 is 0 Å². The van der Waals surface area contributed by atoms with E-state index in [9.17, 15) is 0 Å². The van der Waals surface area contributed by atoms with Crippen molar-refractivity contribution in [2.45, 2.75) is 13.3 Å². The number of aromatic amines is 1. The van der Waals surface area contributed by atoms with Crippen molar-refractivity contribution in [3.05, 3.63) is 47.3 Å². The fourth-order valence-corrected chi connectivity index (χ4v) is 2.64. The van der Waals surface area contributed by atoms with Crippen molar-refractivity contribution in [2.75, 3.05) is 31.1 Å². The zero-order valence-electron chi connectivity index (χ0n) is 11.3. The van der Waals surface area contributed by atoms with Crippen molar-refractivity contribution in [3.63, 3.8) is 0 Å². The van der Waals surface area contributed by atoms with Crippen LogP contribution in [0, 0.1) is 6.92 Å². The summed E-state index contributed by atoms with van der Waals surface area (Å²) >= 11 is 0. The molecule has 2 aromatic rings. The maximum absolute atomic E-state index is 4.23. The van der Waals surface area contributed by atoms with Crippen LogP contribution in [0.15, 0.2) is 30.5 Å². The Kier molecular flexibility index (Phi) is 3.51. The first-order valence-electron chi connectivity index (χ1n) is 6.86. The van der Waals surface area contributed by atoms with E-state index in [1.54, 1.807) is 0 Å². The Balaban J connectivity index is 1.80. The molecule has 2 heterocycles. The Hall–Kier alpha value is -1.81. The fourth-order valence-electron chi connectivity index (χ4n) is 2.64. The lowest BCUT2D eigenvalue weighted by atomic mass is 10.1. The summed E-state index contributed by atoms with van der Waals surface area (Å²) in [7, 11) is 0. The molecule has 0 radical (unpaired) electrons. The number of aromatic nitrogens is 2. The van der Waals surface area contributed by atoms with Gasteiger partial charge >= 0.3 is 0 Å².